The van der Waals surface area contributed by atoms with Crippen LogP contribution in [-0.2, 0) is 25.9 Å². The zero-order valence-electron chi connectivity index (χ0n) is 13.9. The largest absolute Gasteiger partial charge is 0.383 e. The Hall–Kier alpha value is -0.480. The van der Waals surface area contributed by atoms with E-state index in [1.165, 1.54) is 4.88 Å². The predicted molar refractivity (Wildman–Crippen MR) is 99.0 cm³/mol. The standard InChI is InChI=1S/C15H23BrN2O4S2/c1-17(9-13-3-4-14(16)23-13)10-15(19)18(6-7-22-2)12-5-8-24(20,21)11-12/h3-4,12H,5-11H2,1-2H3. The van der Waals surface area contributed by atoms with Gasteiger partial charge in [-0.2, -0.15) is 0 Å². The molecule has 24 heavy (non-hydrogen) atoms. The van der Waals surface area contributed by atoms with Gasteiger partial charge in [0.1, 0.15) is 0 Å². The average molecular weight is 439 g/mol. The van der Waals surface area contributed by atoms with Crippen molar-refractivity contribution in [3.63, 3.8) is 0 Å². The van der Waals surface area contributed by atoms with Gasteiger partial charge in [0.2, 0.25) is 5.91 Å². The molecule has 2 rings (SSSR count). The summed E-state index contributed by atoms with van der Waals surface area (Å²) >= 11 is 5.08. The maximum Gasteiger partial charge on any atom is 0.237 e. The first-order valence-electron chi connectivity index (χ1n) is 7.72. The molecule has 0 aromatic carbocycles. The van der Waals surface area contributed by atoms with Crippen molar-refractivity contribution in [3.8, 4) is 0 Å². The van der Waals surface area contributed by atoms with Crippen LogP contribution in [0.5, 0.6) is 0 Å². The van der Waals surface area contributed by atoms with Crippen LogP contribution in [0.2, 0.25) is 0 Å². The number of carbonyl (C=O) groups is 1. The van der Waals surface area contributed by atoms with Crippen LogP contribution in [-0.4, -0.2) is 75.5 Å². The Balaban J connectivity index is 1.96. The van der Waals surface area contributed by atoms with Crippen LogP contribution >= 0.6 is 27.3 Å². The van der Waals surface area contributed by atoms with Crippen LogP contribution in [0, 0.1) is 0 Å². The van der Waals surface area contributed by atoms with Gasteiger partial charge in [-0.1, -0.05) is 0 Å². The van der Waals surface area contributed by atoms with E-state index in [2.05, 4.69) is 15.9 Å². The van der Waals surface area contributed by atoms with Crippen LogP contribution in [0.1, 0.15) is 11.3 Å². The predicted octanol–water partition coefficient (Wildman–Crippen LogP) is 1.60. The summed E-state index contributed by atoms with van der Waals surface area (Å²) in [5, 5.41) is 0. The molecule has 0 N–H and O–H groups in total. The summed E-state index contributed by atoms with van der Waals surface area (Å²) in [6, 6.07) is 3.79. The van der Waals surface area contributed by atoms with E-state index in [1.807, 2.05) is 24.1 Å². The van der Waals surface area contributed by atoms with E-state index >= 15 is 0 Å². The highest BCUT2D eigenvalue weighted by Gasteiger charge is 2.34. The molecule has 0 bridgehead atoms. The number of rotatable bonds is 8. The second-order valence-corrected chi connectivity index (χ2v) is 10.8. The second-order valence-electron chi connectivity index (χ2n) is 6.01. The van der Waals surface area contributed by atoms with Gasteiger partial charge in [0.25, 0.3) is 0 Å². The highest BCUT2D eigenvalue weighted by atomic mass is 79.9. The number of halogens is 1. The number of sulfone groups is 1. The van der Waals surface area contributed by atoms with Crippen LogP contribution < -0.4 is 0 Å². The van der Waals surface area contributed by atoms with Gasteiger partial charge in [0.05, 0.1) is 28.4 Å². The minimum absolute atomic E-state index is 0.0488. The van der Waals surface area contributed by atoms with Crippen molar-refractivity contribution in [1.29, 1.82) is 0 Å². The van der Waals surface area contributed by atoms with Gasteiger partial charge in [-0.05, 0) is 41.5 Å². The SMILES string of the molecule is COCCN(C(=O)CN(C)Cc1ccc(Br)s1)C1CCS(=O)(=O)C1. The third-order valence-corrected chi connectivity index (χ3v) is 7.32. The average Bonchev–Trinajstić information content (AvgIpc) is 3.05. The topological polar surface area (TPSA) is 66.9 Å². The maximum atomic E-state index is 12.7. The molecule has 1 unspecified atom stereocenters. The lowest BCUT2D eigenvalue weighted by Gasteiger charge is -2.30. The van der Waals surface area contributed by atoms with Crippen molar-refractivity contribution < 1.29 is 17.9 Å². The molecule has 0 radical (unpaired) electrons. The van der Waals surface area contributed by atoms with E-state index < -0.39 is 9.84 Å². The normalized spacial score (nSPS) is 19.8. The molecule has 1 saturated heterocycles. The van der Waals surface area contributed by atoms with Gasteiger partial charge in [-0.15, -0.1) is 11.3 Å². The molecule has 1 aliphatic heterocycles. The molecule has 0 saturated carbocycles. The lowest BCUT2D eigenvalue weighted by molar-refractivity contribution is -0.134. The van der Waals surface area contributed by atoms with Crippen molar-refractivity contribution in [2.75, 3.05) is 45.4 Å². The van der Waals surface area contributed by atoms with Gasteiger partial charge >= 0.3 is 0 Å². The first-order chi connectivity index (χ1) is 11.3. The fourth-order valence-corrected chi connectivity index (χ4v) is 6.10. The van der Waals surface area contributed by atoms with E-state index in [1.54, 1.807) is 23.3 Å². The molecule has 0 aliphatic carbocycles. The fourth-order valence-electron chi connectivity index (χ4n) is 2.80. The summed E-state index contributed by atoms with van der Waals surface area (Å²) in [5.74, 6) is 0.171. The summed E-state index contributed by atoms with van der Waals surface area (Å²) in [6.07, 6.45) is 0.513. The van der Waals surface area contributed by atoms with Gasteiger partial charge in [-0.25, -0.2) is 8.42 Å². The molecule has 1 aliphatic rings. The Bertz CT molecular complexity index is 662. The van der Waals surface area contributed by atoms with E-state index in [4.69, 9.17) is 4.74 Å². The molecule has 1 aromatic rings. The number of methoxy groups -OCH3 is 1. The summed E-state index contributed by atoms with van der Waals surface area (Å²) in [5.41, 5.74) is 0. The van der Waals surface area contributed by atoms with Crippen molar-refractivity contribution >= 4 is 43.0 Å². The molecular formula is C15H23BrN2O4S2. The number of likely N-dealkylation sites (N-methyl/N-ethyl adjacent to an activating group) is 1. The van der Waals surface area contributed by atoms with E-state index in [9.17, 15) is 13.2 Å². The Morgan fingerprint density at radius 3 is 2.75 bits per heavy atom. The minimum Gasteiger partial charge on any atom is -0.383 e. The lowest BCUT2D eigenvalue weighted by Crippen LogP contribution is -2.46. The highest BCUT2D eigenvalue weighted by molar-refractivity contribution is 9.11. The molecule has 1 amide bonds. The molecular weight excluding hydrogens is 416 g/mol. The Morgan fingerprint density at radius 1 is 1.46 bits per heavy atom. The molecule has 1 fully saturated rings. The first-order valence-corrected chi connectivity index (χ1v) is 11.2. The number of ether oxygens (including phenoxy) is 1. The lowest BCUT2D eigenvalue weighted by atomic mass is 10.2. The number of amides is 1. The zero-order valence-corrected chi connectivity index (χ0v) is 17.1. The van der Waals surface area contributed by atoms with E-state index in [-0.39, 0.29) is 30.0 Å². The molecule has 2 heterocycles. The van der Waals surface area contributed by atoms with Gasteiger partial charge in [0, 0.05) is 31.1 Å². The summed E-state index contributed by atoms with van der Waals surface area (Å²) in [4.78, 5) is 17.5. The molecule has 136 valence electrons. The van der Waals surface area contributed by atoms with E-state index in [0.717, 1.165) is 3.79 Å². The Kier molecular flexibility index (Phi) is 7.23. The highest BCUT2D eigenvalue weighted by Crippen LogP contribution is 2.23. The third-order valence-electron chi connectivity index (χ3n) is 3.97. The zero-order chi connectivity index (χ0) is 17.7. The fraction of sp³-hybridized carbons (Fsp3) is 0.667. The third kappa shape index (κ3) is 5.80. The van der Waals surface area contributed by atoms with E-state index in [0.29, 0.717) is 26.1 Å². The monoisotopic (exact) mass is 438 g/mol. The number of thiophene rings is 1. The number of carbonyl (C=O) groups excluding carboxylic acids is 1. The maximum absolute atomic E-state index is 12.7. The van der Waals surface area contributed by atoms with Crippen LogP contribution in [0.3, 0.4) is 0 Å². The molecule has 9 heteroatoms. The van der Waals surface area contributed by atoms with Gasteiger partial charge in [0.15, 0.2) is 9.84 Å². The Morgan fingerprint density at radius 2 is 2.21 bits per heavy atom. The van der Waals surface area contributed by atoms with Crippen LogP contribution in [0.15, 0.2) is 15.9 Å². The first kappa shape index (κ1) is 19.8. The summed E-state index contributed by atoms with van der Waals surface area (Å²) in [7, 11) is 0.447. The van der Waals surface area contributed by atoms with Crippen molar-refractivity contribution in [2.45, 2.75) is 19.0 Å². The van der Waals surface area contributed by atoms with Gasteiger partial charge < -0.3 is 9.64 Å². The summed E-state index contributed by atoms with van der Waals surface area (Å²) < 4.78 is 29.6. The number of hydrogen-bond donors (Lipinski definition) is 0. The second kappa shape index (κ2) is 8.75. The molecule has 0 spiro atoms. The van der Waals surface area contributed by atoms with Crippen LogP contribution in [0.4, 0.5) is 0 Å². The van der Waals surface area contributed by atoms with Crippen LogP contribution in [0.25, 0.3) is 0 Å². The quantitative estimate of drug-likeness (QED) is 0.616. The van der Waals surface area contributed by atoms with Crippen molar-refractivity contribution in [3.05, 3.63) is 20.8 Å². The molecule has 1 aromatic heterocycles. The minimum atomic E-state index is -3.03. The molecule has 1 atom stereocenters. The van der Waals surface area contributed by atoms with Crippen molar-refractivity contribution in [2.24, 2.45) is 0 Å². The Labute approximate surface area is 155 Å². The number of nitrogens with zero attached hydrogens (tertiary/aromatic N) is 2. The summed E-state index contributed by atoms with van der Waals surface area (Å²) in [6.45, 7) is 1.77. The van der Waals surface area contributed by atoms with Gasteiger partial charge in [-0.3, -0.25) is 9.69 Å². The molecule has 6 nitrogen and oxygen atoms in total. The van der Waals surface area contributed by atoms with Crippen molar-refractivity contribution in [1.82, 2.24) is 9.80 Å². The number of hydrogen-bond acceptors (Lipinski definition) is 6. The smallest absolute Gasteiger partial charge is 0.237 e.